The molecule has 0 bridgehead atoms. The van der Waals surface area contributed by atoms with Gasteiger partial charge in [0, 0.05) is 23.4 Å². The maximum atomic E-state index is 13.7. The highest BCUT2D eigenvalue weighted by Crippen LogP contribution is 2.24. The lowest BCUT2D eigenvalue weighted by atomic mass is 9.96. The Morgan fingerprint density at radius 1 is 1.46 bits per heavy atom. The number of aryl methyl sites for hydroxylation is 1. The van der Waals surface area contributed by atoms with Gasteiger partial charge in [0.15, 0.2) is 5.13 Å². The normalized spacial score (nSPS) is 15.6. The molecule has 1 N–H and O–H groups in total. The number of carbonyl (C=O) groups is 1. The number of rotatable bonds is 5. The molecule has 1 aromatic carbocycles. The zero-order valence-electron chi connectivity index (χ0n) is 14.8. The van der Waals surface area contributed by atoms with Gasteiger partial charge in [-0.15, -0.1) is 17.8 Å². The van der Waals surface area contributed by atoms with E-state index in [2.05, 4.69) is 21.1 Å². The second kappa shape index (κ2) is 8.43. The summed E-state index contributed by atoms with van der Waals surface area (Å²) >= 11 is 1.44. The average molecular weight is 371 g/mol. The van der Waals surface area contributed by atoms with Crippen LogP contribution in [0.5, 0.6) is 0 Å². The minimum Gasteiger partial charge on any atom is -0.302 e. The van der Waals surface area contributed by atoms with Crippen molar-refractivity contribution in [3.8, 4) is 12.3 Å². The van der Waals surface area contributed by atoms with Crippen molar-refractivity contribution in [2.24, 2.45) is 5.92 Å². The average Bonchev–Trinajstić information content (AvgIpc) is 3.06. The molecule has 4 nitrogen and oxygen atoms in total. The largest absolute Gasteiger partial charge is 0.302 e. The fourth-order valence-electron chi connectivity index (χ4n) is 3.08. The highest BCUT2D eigenvalue weighted by Gasteiger charge is 2.25. The summed E-state index contributed by atoms with van der Waals surface area (Å²) in [5.41, 5.74) is 1.54. The molecule has 3 rings (SSSR count). The number of anilines is 1. The molecule has 0 spiro atoms. The number of piperidine rings is 1. The van der Waals surface area contributed by atoms with E-state index in [-0.39, 0.29) is 17.6 Å². The summed E-state index contributed by atoms with van der Waals surface area (Å²) in [6.45, 7) is 4.09. The van der Waals surface area contributed by atoms with E-state index in [4.69, 9.17) is 6.42 Å². The van der Waals surface area contributed by atoms with Crippen LogP contribution >= 0.6 is 11.3 Å². The van der Waals surface area contributed by atoms with Crippen molar-refractivity contribution in [3.63, 3.8) is 0 Å². The quantitative estimate of drug-likeness (QED) is 0.819. The van der Waals surface area contributed by atoms with Crippen LogP contribution in [0.4, 0.5) is 9.52 Å². The molecule has 26 heavy (non-hydrogen) atoms. The van der Waals surface area contributed by atoms with Gasteiger partial charge in [-0.2, -0.15) is 0 Å². The van der Waals surface area contributed by atoms with Crippen LogP contribution in [-0.4, -0.2) is 35.4 Å². The zero-order chi connectivity index (χ0) is 18.5. The number of hydrogen-bond acceptors (Lipinski definition) is 4. The van der Waals surface area contributed by atoms with Gasteiger partial charge in [-0.25, -0.2) is 9.37 Å². The zero-order valence-corrected chi connectivity index (χ0v) is 15.6. The highest BCUT2D eigenvalue weighted by molar-refractivity contribution is 7.15. The number of nitrogens with zero attached hydrogens (tertiary/aromatic N) is 2. The number of thiazole rings is 1. The van der Waals surface area contributed by atoms with Crippen LogP contribution in [0.15, 0.2) is 24.4 Å². The van der Waals surface area contributed by atoms with E-state index < -0.39 is 0 Å². The van der Waals surface area contributed by atoms with E-state index in [0.717, 1.165) is 36.4 Å². The summed E-state index contributed by atoms with van der Waals surface area (Å²) in [4.78, 5) is 19.9. The second-order valence-electron chi connectivity index (χ2n) is 6.64. The standard InChI is InChI=1S/C20H22FN3OS/c1-3-8-24-9-6-16(7-10-24)19(25)23-20-22-13-17(26-20)11-15-5-4-14(2)18(21)12-15/h1,4-5,12-13,16H,6-11H2,2H3,(H,22,23,25). The molecule has 0 unspecified atom stereocenters. The maximum Gasteiger partial charge on any atom is 0.229 e. The number of carbonyl (C=O) groups excluding carboxylic acids is 1. The smallest absolute Gasteiger partial charge is 0.229 e. The Morgan fingerprint density at radius 2 is 2.23 bits per heavy atom. The SMILES string of the molecule is C#CCN1CCC(C(=O)Nc2ncc(Cc3ccc(C)c(F)c3)s2)CC1. The Morgan fingerprint density at radius 3 is 2.92 bits per heavy atom. The van der Waals surface area contributed by atoms with Crippen molar-refractivity contribution in [3.05, 3.63) is 46.2 Å². The van der Waals surface area contributed by atoms with Crippen LogP contribution < -0.4 is 5.32 Å². The molecule has 1 saturated heterocycles. The number of likely N-dealkylation sites (tertiary alicyclic amines) is 1. The van der Waals surface area contributed by atoms with Crippen LogP contribution in [0.2, 0.25) is 0 Å². The van der Waals surface area contributed by atoms with Crippen molar-refractivity contribution in [1.82, 2.24) is 9.88 Å². The Bertz CT molecular complexity index is 819. The molecule has 6 heteroatoms. The number of amides is 1. The Hall–Kier alpha value is -2.23. The van der Waals surface area contributed by atoms with Gasteiger partial charge in [0.1, 0.15) is 5.82 Å². The molecule has 1 amide bonds. The van der Waals surface area contributed by atoms with Crippen LogP contribution in [0.1, 0.15) is 28.8 Å². The molecule has 136 valence electrons. The van der Waals surface area contributed by atoms with E-state index in [9.17, 15) is 9.18 Å². The second-order valence-corrected chi connectivity index (χ2v) is 7.75. The number of aromatic nitrogens is 1. The number of halogens is 1. The van der Waals surface area contributed by atoms with Gasteiger partial charge in [0.2, 0.25) is 5.91 Å². The first kappa shape index (κ1) is 18.6. The fraction of sp³-hybridized carbons (Fsp3) is 0.400. The van der Waals surface area contributed by atoms with Crippen molar-refractivity contribution in [2.75, 3.05) is 25.0 Å². The van der Waals surface area contributed by atoms with Crippen molar-refractivity contribution in [2.45, 2.75) is 26.2 Å². The summed E-state index contributed by atoms with van der Waals surface area (Å²) in [7, 11) is 0. The molecule has 1 aliphatic rings. The van der Waals surface area contributed by atoms with Gasteiger partial charge < -0.3 is 5.32 Å². The molecule has 0 atom stereocenters. The van der Waals surface area contributed by atoms with Crippen LogP contribution in [0, 0.1) is 31.0 Å². The predicted octanol–water partition coefficient (Wildman–Crippen LogP) is 3.47. The molecular weight excluding hydrogens is 349 g/mol. The molecular formula is C20H22FN3OS. The van der Waals surface area contributed by atoms with E-state index in [1.165, 1.54) is 11.3 Å². The first-order valence-electron chi connectivity index (χ1n) is 8.71. The molecule has 1 aliphatic heterocycles. The van der Waals surface area contributed by atoms with Crippen molar-refractivity contribution >= 4 is 22.4 Å². The number of benzene rings is 1. The summed E-state index contributed by atoms with van der Waals surface area (Å²) in [5.74, 6) is 2.47. The minimum absolute atomic E-state index is 0.00238. The van der Waals surface area contributed by atoms with Gasteiger partial charge >= 0.3 is 0 Å². The van der Waals surface area contributed by atoms with E-state index in [1.54, 1.807) is 25.3 Å². The van der Waals surface area contributed by atoms with Gasteiger partial charge in [-0.05, 0) is 50.0 Å². The third kappa shape index (κ3) is 4.69. The maximum absolute atomic E-state index is 13.7. The lowest BCUT2D eigenvalue weighted by molar-refractivity contribution is -0.121. The number of nitrogens with one attached hydrogen (secondary N) is 1. The third-order valence-corrected chi connectivity index (χ3v) is 5.58. The van der Waals surface area contributed by atoms with Crippen LogP contribution in [-0.2, 0) is 11.2 Å². The predicted molar refractivity (Wildman–Crippen MR) is 103 cm³/mol. The Kier molecular flexibility index (Phi) is 6.02. The molecule has 1 aromatic heterocycles. The minimum atomic E-state index is -0.197. The summed E-state index contributed by atoms with van der Waals surface area (Å²) in [6, 6.07) is 5.25. The van der Waals surface area contributed by atoms with Crippen molar-refractivity contribution < 1.29 is 9.18 Å². The summed E-state index contributed by atoms with van der Waals surface area (Å²) in [6.07, 6.45) is 9.31. The van der Waals surface area contributed by atoms with E-state index in [0.29, 0.717) is 23.7 Å². The lowest BCUT2D eigenvalue weighted by Gasteiger charge is -2.29. The Balaban J connectivity index is 1.54. The molecule has 2 aromatic rings. The lowest BCUT2D eigenvalue weighted by Crippen LogP contribution is -2.38. The van der Waals surface area contributed by atoms with E-state index in [1.807, 2.05) is 6.07 Å². The Labute approximate surface area is 157 Å². The summed E-state index contributed by atoms with van der Waals surface area (Å²) in [5, 5.41) is 3.52. The molecule has 1 fully saturated rings. The third-order valence-electron chi connectivity index (χ3n) is 4.67. The van der Waals surface area contributed by atoms with Gasteiger partial charge in [0.25, 0.3) is 0 Å². The van der Waals surface area contributed by atoms with Crippen LogP contribution in [0.25, 0.3) is 0 Å². The fourth-order valence-corrected chi connectivity index (χ4v) is 3.93. The molecule has 0 radical (unpaired) electrons. The van der Waals surface area contributed by atoms with Gasteiger partial charge in [-0.3, -0.25) is 9.69 Å². The first-order chi connectivity index (χ1) is 12.5. The highest BCUT2D eigenvalue weighted by atomic mass is 32.1. The number of hydrogen-bond donors (Lipinski definition) is 1. The van der Waals surface area contributed by atoms with Crippen molar-refractivity contribution in [1.29, 1.82) is 0 Å². The molecule has 0 saturated carbocycles. The first-order valence-corrected chi connectivity index (χ1v) is 9.53. The summed E-state index contributed by atoms with van der Waals surface area (Å²) < 4.78 is 13.7. The monoisotopic (exact) mass is 371 g/mol. The number of terminal acetylenes is 1. The van der Waals surface area contributed by atoms with Gasteiger partial charge in [-0.1, -0.05) is 18.1 Å². The molecule has 2 heterocycles. The topological polar surface area (TPSA) is 45.2 Å². The van der Waals surface area contributed by atoms with E-state index >= 15 is 0 Å². The van der Waals surface area contributed by atoms with Crippen LogP contribution in [0.3, 0.4) is 0 Å². The molecule has 0 aliphatic carbocycles. The van der Waals surface area contributed by atoms with Gasteiger partial charge in [0.05, 0.1) is 6.54 Å².